The zero-order valence-electron chi connectivity index (χ0n) is 29.3. The van der Waals surface area contributed by atoms with Crippen molar-refractivity contribution in [3.8, 4) is 22.1 Å². The topological polar surface area (TPSA) is 198 Å². The number of urea groups is 1. The Bertz CT molecular complexity index is 2020. The molecule has 17 heteroatoms. The Morgan fingerprint density at radius 1 is 1.19 bits per heavy atom. The van der Waals surface area contributed by atoms with Gasteiger partial charge >= 0.3 is 6.03 Å². The Hall–Kier alpha value is -4.48. The fraction of sp³-hybridized carbons (Fsp3) is 0.514. The maximum absolute atomic E-state index is 14.2. The van der Waals surface area contributed by atoms with Crippen LogP contribution in [0.25, 0.3) is 21.5 Å². The number of aromatic nitrogens is 2. The van der Waals surface area contributed by atoms with Gasteiger partial charge in [-0.1, -0.05) is 23.5 Å². The molecule has 4 atom stereocenters. The van der Waals surface area contributed by atoms with Crippen LogP contribution in [-0.2, 0) is 19.6 Å². The maximum Gasteiger partial charge on any atom is 0.334 e. The van der Waals surface area contributed by atoms with Crippen molar-refractivity contribution in [2.24, 2.45) is 11.8 Å². The summed E-state index contributed by atoms with van der Waals surface area (Å²) < 4.78 is 39.8. The van der Waals surface area contributed by atoms with Gasteiger partial charge in [0.15, 0.2) is 5.13 Å². The van der Waals surface area contributed by atoms with Crippen molar-refractivity contribution in [2.45, 2.75) is 87.8 Å². The number of hydrogen-bond acceptors (Lipinski definition) is 12. The SMILES string of the molecule is COc1ccc2c(O[C@@H]3C[C@H]4C(=O)N[C@@]5(C(=O)NS(=O)(=O)C6CC6)C[C@H]5/C=C\CCCCN(N)C(=O)N4C3)cc(-c3cnc(NC(C)C)s3)nc2c1. The van der Waals surface area contributed by atoms with Crippen molar-refractivity contribution < 1.29 is 32.3 Å². The number of pyridine rings is 1. The lowest BCUT2D eigenvalue weighted by Gasteiger charge is -2.29. The van der Waals surface area contributed by atoms with Crippen LogP contribution in [0.1, 0.15) is 58.8 Å². The van der Waals surface area contributed by atoms with Crippen LogP contribution in [0.4, 0.5) is 9.93 Å². The number of fused-ring (bicyclic) bond motifs is 3. The summed E-state index contributed by atoms with van der Waals surface area (Å²) in [5, 5.41) is 8.16. The van der Waals surface area contributed by atoms with E-state index in [1.54, 1.807) is 13.3 Å². The van der Waals surface area contributed by atoms with Crippen molar-refractivity contribution in [3.63, 3.8) is 0 Å². The third-order valence-corrected chi connectivity index (χ3v) is 12.6. The molecule has 278 valence electrons. The number of ether oxygens (including phenoxy) is 2. The van der Waals surface area contributed by atoms with E-state index < -0.39 is 50.8 Å². The van der Waals surface area contributed by atoms with Crippen molar-refractivity contribution in [1.29, 1.82) is 0 Å². The molecule has 4 heterocycles. The number of anilines is 1. The summed E-state index contributed by atoms with van der Waals surface area (Å²) >= 11 is 1.46. The van der Waals surface area contributed by atoms with E-state index in [1.165, 1.54) is 16.2 Å². The smallest absolute Gasteiger partial charge is 0.334 e. The van der Waals surface area contributed by atoms with E-state index in [9.17, 15) is 22.8 Å². The minimum absolute atomic E-state index is 0.0432. The normalized spacial score (nSPS) is 25.9. The largest absolute Gasteiger partial charge is 0.497 e. The molecule has 4 amide bonds. The van der Waals surface area contributed by atoms with Gasteiger partial charge in [-0.2, -0.15) is 0 Å². The number of nitrogens with one attached hydrogen (secondary N) is 3. The Labute approximate surface area is 306 Å². The molecule has 2 aliphatic carbocycles. The lowest BCUT2D eigenvalue weighted by Crippen LogP contribution is -2.58. The van der Waals surface area contributed by atoms with Crippen LogP contribution in [0, 0.1) is 5.92 Å². The van der Waals surface area contributed by atoms with E-state index >= 15 is 0 Å². The van der Waals surface area contributed by atoms with Crippen molar-refractivity contribution in [1.82, 2.24) is 29.9 Å². The zero-order chi connectivity index (χ0) is 36.8. The van der Waals surface area contributed by atoms with Crippen LogP contribution >= 0.6 is 11.3 Å². The zero-order valence-corrected chi connectivity index (χ0v) is 31.0. The van der Waals surface area contributed by atoms with Crippen LogP contribution in [0.3, 0.4) is 0 Å². The van der Waals surface area contributed by atoms with E-state index in [2.05, 4.69) is 20.3 Å². The minimum Gasteiger partial charge on any atom is -0.497 e. The third kappa shape index (κ3) is 7.39. The number of benzene rings is 1. The lowest BCUT2D eigenvalue weighted by molar-refractivity contribution is -0.131. The number of allylic oxidation sites excluding steroid dienone is 1. The number of carbonyl (C=O) groups excluding carboxylic acids is 3. The number of nitrogens with zero attached hydrogens (tertiary/aromatic N) is 4. The van der Waals surface area contributed by atoms with Gasteiger partial charge < -0.3 is 25.0 Å². The first-order valence-corrected chi connectivity index (χ1v) is 20.0. The predicted molar refractivity (Wildman–Crippen MR) is 196 cm³/mol. The van der Waals surface area contributed by atoms with Gasteiger partial charge in [0.2, 0.25) is 15.9 Å². The molecule has 5 N–H and O–H groups in total. The van der Waals surface area contributed by atoms with Gasteiger partial charge in [-0.05, 0) is 64.5 Å². The Kier molecular flexibility index (Phi) is 9.77. The average molecular weight is 753 g/mol. The molecule has 2 aromatic heterocycles. The molecule has 3 fully saturated rings. The molecule has 52 heavy (non-hydrogen) atoms. The molecular weight excluding hydrogens is 709 g/mol. The molecule has 1 aromatic carbocycles. The number of nitrogens with two attached hydrogens (primary N) is 1. The second-order valence-corrected chi connectivity index (χ2v) is 17.2. The molecule has 2 saturated carbocycles. The molecule has 3 aromatic rings. The molecule has 2 aliphatic heterocycles. The lowest BCUT2D eigenvalue weighted by atomic mass is 10.1. The highest BCUT2D eigenvalue weighted by molar-refractivity contribution is 7.91. The van der Waals surface area contributed by atoms with Gasteiger partial charge in [0.1, 0.15) is 29.2 Å². The fourth-order valence-electron chi connectivity index (χ4n) is 6.79. The maximum atomic E-state index is 14.2. The van der Waals surface area contributed by atoms with E-state index in [-0.39, 0.29) is 31.3 Å². The van der Waals surface area contributed by atoms with Crippen molar-refractivity contribution in [3.05, 3.63) is 42.6 Å². The number of thiazole rings is 1. The molecule has 15 nitrogen and oxygen atoms in total. The number of rotatable bonds is 9. The fourth-order valence-corrected chi connectivity index (χ4v) is 9.07. The van der Waals surface area contributed by atoms with E-state index in [1.807, 2.05) is 50.3 Å². The Morgan fingerprint density at radius 3 is 2.75 bits per heavy atom. The first kappa shape index (κ1) is 35.9. The average Bonchev–Trinajstić information content (AvgIpc) is 3.99. The number of methoxy groups -OCH3 is 1. The molecule has 0 unspecified atom stereocenters. The van der Waals surface area contributed by atoms with Crippen molar-refractivity contribution >= 4 is 55.2 Å². The molecule has 0 spiro atoms. The first-order chi connectivity index (χ1) is 24.9. The molecule has 4 aliphatic rings. The number of sulfonamides is 1. The van der Waals surface area contributed by atoms with Crippen LogP contribution < -0.4 is 30.7 Å². The standard InChI is InChI=1S/C35H44N8O7S2/c1-20(2)38-33-37-18-30(51-33)27-16-29(25-12-9-22(49-3)14-26(25)39-27)50-23-15-28-31(44)40-35(32(45)41-52(47,48)24-10-11-24)17-21(35)8-6-4-5-7-13-43(36)34(46)42(28)19-23/h6,8-9,12,14,16,18,20-21,23-24,28H,4-5,7,10-11,13,15,17,19,36H2,1-3H3,(H,37,38)(H,40,44)(H,41,45)/b8-6-/t21-,23-,28+,35+/m1/s1. The van der Waals surface area contributed by atoms with E-state index in [0.29, 0.717) is 60.3 Å². The number of carbonyl (C=O) groups is 3. The Morgan fingerprint density at radius 2 is 2.00 bits per heavy atom. The molecule has 1 saturated heterocycles. The summed E-state index contributed by atoms with van der Waals surface area (Å²) in [5.74, 6) is 5.63. The summed E-state index contributed by atoms with van der Waals surface area (Å²) in [7, 11) is -2.28. The summed E-state index contributed by atoms with van der Waals surface area (Å²) in [5.41, 5.74) is -0.200. The summed E-state index contributed by atoms with van der Waals surface area (Å²) in [6.07, 6.45) is 8.29. The summed E-state index contributed by atoms with van der Waals surface area (Å²) in [4.78, 5) is 53.1. The van der Waals surface area contributed by atoms with Gasteiger partial charge in [0, 0.05) is 48.6 Å². The van der Waals surface area contributed by atoms with Crippen LogP contribution in [0.2, 0.25) is 0 Å². The summed E-state index contributed by atoms with van der Waals surface area (Å²) in [6.45, 7) is 4.40. The number of hydrogen-bond donors (Lipinski definition) is 4. The van der Waals surface area contributed by atoms with Gasteiger partial charge in [-0.3, -0.25) is 19.3 Å². The van der Waals surface area contributed by atoms with Gasteiger partial charge in [-0.15, -0.1) is 0 Å². The van der Waals surface area contributed by atoms with Crippen LogP contribution in [0.15, 0.2) is 42.6 Å². The van der Waals surface area contributed by atoms with Gasteiger partial charge in [-0.25, -0.2) is 29.0 Å². The summed E-state index contributed by atoms with van der Waals surface area (Å²) in [6, 6.07) is 5.91. The third-order valence-electron chi connectivity index (χ3n) is 9.85. The van der Waals surface area contributed by atoms with Crippen molar-refractivity contribution in [2.75, 3.05) is 25.5 Å². The second kappa shape index (κ2) is 14.2. The molecular formula is C35H44N8O7S2. The van der Waals surface area contributed by atoms with E-state index in [4.69, 9.17) is 20.3 Å². The van der Waals surface area contributed by atoms with Gasteiger partial charge in [0.05, 0.1) is 35.0 Å². The molecule has 0 bridgehead atoms. The van der Waals surface area contributed by atoms with Crippen LogP contribution in [-0.4, -0.2) is 95.3 Å². The monoisotopic (exact) mass is 752 g/mol. The van der Waals surface area contributed by atoms with Gasteiger partial charge in [0.25, 0.3) is 5.91 Å². The molecule has 7 rings (SSSR count). The highest BCUT2D eigenvalue weighted by Gasteiger charge is 2.62. The molecule has 0 radical (unpaired) electrons. The highest BCUT2D eigenvalue weighted by atomic mass is 32.2. The predicted octanol–water partition coefficient (Wildman–Crippen LogP) is 3.53. The number of hydrazine groups is 1. The van der Waals surface area contributed by atoms with E-state index in [0.717, 1.165) is 21.4 Å². The van der Waals surface area contributed by atoms with Crippen LogP contribution in [0.5, 0.6) is 11.5 Å². The minimum atomic E-state index is -3.86. The Balaban J connectivity index is 1.19. The quantitative estimate of drug-likeness (QED) is 0.142. The highest BCUT2D eigenvalue weighted by Crippen LogP contribution is 2.46. The first-order valence-electron chi connectivity index (χ1n) is 17.6. The number of amides is 4. The second-order valence-electron chi connectivity index (χ2n) is 14.2.